The molecule has 0 atom stereocenters. The molecule has 1 rings (SSSR count). The quantitative estimate of drug-likeness (QED) is 0.724. The van der Waals surface area contributed by atoms with Crippen molar-refractivity contribution in [3.05, 3.63) is 34.1 Å². The second-order valence-electron chi connectivity index (χ2n) is 2.24. The molecule has 0 bridgehead atoms. The molecule has 2 N–H and O–H groups in total. The summed E-state index contributed by atoms with van der Waals surface area (Å²) in [4.78, 5) is 0. The maximum absolute atomic E-state index is 12.9. The van der Waals surface area contributed by atoms with E-state index < -0.39 is 5.82 Å². The Labute approximate surface area is 74.4 Å². The van der Waals surface area contributed by atoms with E-state index in [4.69, 9.17) is 22.6 Å². The summed E-state index contributed by atoms with van der Waals surface area (Å²) in [6, 6.07) is 4.23. The van der Waals surface area contributed by atoms with Crippen molar-refractivity contribution < 1.29 is 4.39 Å². The summed E-state index contributed by atoms with van der Waals surface area (Å²) in [5.74, 6) is -0.488. The highest BCUT2D eigenvalue weighted by atomic mass is 35.5. The van der Waals surface area contributed by atoms with Crippen LogP contribution in [-0.4, -0.2) is 0 Å². The zero-order chi connectivity index (χ0) is 9.14. The van der Waals surface area contributed by atoms with Crippen LogP contribution in [0.4, 0.5) is 4.39 Å². The summed E-state index contributed by atoms with van der Waals surface area (Å²) in [7, 11) is 0. The highest BCUT2D eigenvalue weighted by Gasteiger charge is 2.06. The molecule has 1 aromatic carbocycles. The van der Waals surface area contributed by atoms with Gasteiger partial charge in [0.25, 0.3) is 0 Å². The van der Waals surface area contributed by atoms with Crippen molar-refractivity contribution in [2.24, 2.45) is 5.73 Å². The van der Waals surface area contributed by atoms with E-state index in [2.05, 4.69) is 0 Å². The Morgan fingerprint density at radius 1 is 1.58 bits per heavy atom. The van der Waals surface area contributed by atoms with E-state index in [0.717, 1.165) is 6.07 Å². The van der Waals surface area contributed by atoms with Gasteiger partial charge >= 0.3 is 0 Å². The lowest BCUT2D eigenvalue weighted by Gasteiger charge is -2.00. The van der Waals surface area contributed by atoms with Gasteiger partial charge in [-0.15, -0.1) is 0 Å². The molecule has 0 unspecified atom stereocenters. The summed E-state index contributed by atoms with van der Waals surface area (Å²) in [5.41, 5.74) is 5.68. The van der Waals surface area contributed by atoms with Crippen LogP contribution in [0.2, 0.25) is 5.02 Å². The number of nitrogens with two attached hydrogens (primary N) is 1. The highest BCUT2D eigenvalue weighted by molar-refractivity contribution is 6.31. The molecular weight excluding hydrogens is 179 g/mol. The molecular formula is C8H6ClFN2. The Morgan fingerprint density at radius 2 is 2.25 bits per heavy atom. The van der Waals surface area contributed by atoms with Crippen molar-refractivity contribution in [3.63, 3.8) is 0 Å². The molecule has 0 spiro atoms. The first-order chi connectivity index (χ1) is 5.69. The van der Waals surface area contributed by atoms with Gasteiger partial charge in [0.15, 0.2) is 0 Å². The van der Waals surface area contributed by atoms with Crippen LogP contribution < -0.4 is 5.73 Å². The van der Waals surface area contributed by atoms with E-state index in [1.807, 2.05) is 0 Å². The molecule has 62 valence electrons. The van der Waals surface area contributed by atoms with Gasteiger partial charge in [-0.05, 0) is 12.1 Å². The van der Waals surface area contributed by atoms with Gasteiger partial charge < -0.3 is 5.73 Å². The van der Waals surface area contributed by atoms with Crippen molar-refractivity contribution in [2.45, 2.75) is 6.54 Å². The molecule has 1 aromatic rings. The third-order valence-corrected chi connectivity index (χ3v) is 1.79. The van der Waals surface area contributed by atoms with E-state index in [1.54, 1.807) is 6.07 Å². The summed E-state index contributed by atoms with van der Waals surface area (Å²) in [6.45, 7) is 0.0806. The van der Waals surface area contributed by atoms with Crippen LogP contribution in [0.15, 0.2) is 12.1 Å². The molecule has 0 saturated heterocycles. The van der Waals surface area contributed by atoms with Gasteiger partial charge in [0.1, 0.15) is 11.9 Å². The number of nitriles is 1. The lowest BCUT2D eigenvalue weighted by molar-refractivity contribution is 0.610. The van der Waals surface area contributed by atoms with Crippen molar-refractivity contribution >= 4 is 11.6 Å². The minimum Gasteiger partial charge on any atom is -0.326 e. The van der Waals surface area contributed by atoms with Crippen molar-refractivity contribution in [2.75, 3.05) is 0 Å². The van der Waals surface area contributed by atoms with E-state index in [0.29, 0.717) is 5.56 Å². The van der Waals surface area contributed by atoms with Crippen LogP contribution in [0.5, 0.6) is 0 Å². The van der Waals surface area contributed by atoms with Gasteiger partial charge in [-0.1, -0.05) is 11.6 Å². The molecule has 0 saturated carbocycles. The average Bonchev–Trinajstić information content (AvgIpc) is 2.08. The third-order valence-electron chi connectivity index (χ3n) is 1.48. The van der Waals surface area contributed by atoms with Crippen LogP contribution in [-0.2, 0) is 6.54 Å². The fraction of sp³-hybridized carbons (Fsp3) is 0.125. The Morgan fingerprint density at radius 3 is 2.75 bits per heavy atom. The van der Waals surface area contributed by atoms with Crippen LogP contribution in [0, 0.1) is 17.1 Å². The zero-order valence-corrected chi connectivity index (χ0v) is 6.90. The maximum atomic E-state index is 12.9. The number of nitrogens with zero attached hydrogens (tertiary/aromatic N) is 1. The number of hydrogen-bond donors (Lipinski definition) is 1. The molecule has 12 heavy (non-hydrogen) atoms. The third kappa shape index (κ3) is 1.55. The van der Waals surface area contributed by atoms with E-state index in [9.17, 15) is 4.39 Å². The molecule has 0 aliphatic carbocycles. The minimum absolute atomic E-state index is 0.0806. The molecule has 0 aliphatic rings. The predicted molar refractivity (Wildman–Crippen MR) is 44.0 cm³/mol. The van der Waals surface area contributed by atoms with Crippen molar-refractivity contribution in [1.29, 1.82) is 5.26 Å². The Bertz CT molecular complexity index is 343. The van der Waals surface area contributed by atoms with E-state index >= 15 is 0 Å². The summed E-state index contributed by atoms with van der Waals surface area (Å²) in [5, 5.41) is 8.71. The zero-order valence-electron chi connectivity index (χ0n) is 6.14. The topological polar surface area (TPSA) is 49.8 Å². The van der Waals surface area contributed by atoms with Gasteiger partial charge in [-0.3, -0.25) is 0 Å². The Balaban J connectivity index is 3.28. The first kappa shape index (κ1) is 8.98. The predicted octanol–water partition coefficient (Wildman–Crippen LogP) is 1.81. The first-order valence-corrected chi connectivity index (χ1v) is 3.65. The van der Waals surface area contributed by atoms with Gasteiger partial charge in [0.2, 0.25) is 0 Å². The normalized spacial score (nSPS) is 9.50. The summed E-state index contributed by atoms with van der Waals surface area (Å²) in [6.07, 6.45) is 0. The SMILES string of the molecule is N#Cc1cc(F)c(CN)cc1Cl. The molecule has 4 heteroatoms. The van der Waals surface area contributed by atoms with Crippen LogP contribution in [0.25, 0.3) is 0 Å². The second kappa shape index (κ2) is 3.53. The first-order valence-electron chi connectivity index (χ1n) is 3.27. The standard InChI is InChI=1S/C8H6ClFN2/c9-7-1-6(4-12)8(10)2-5(7)3-11/h1-2H,4,12H2. The lowest BCUT2D eigenvalue weighted by Crippen LogP contribution is -2.00. The fourth-order valence-electron chi connectivity index (χ4n) is 0.830. The van der Waals surface area contributed by atoms with E-state index in [-0.39, 0.29) is 17.1 Å². The largest absolute Gasteiger partial charge is 0.326 e. The molecule has 0 heterocycles. The fourth-order valence-corrected chi connectivity index (χ4v) is 1.06. The summed E-state index contributed by atoms with van der Waals surface area (Å²) >= 11 is 5.64. The Hall–Kier alpha value is -1.11. The van der Waals surface area contributed by atoms with Crippen LogP contribution in [0.1, 0.15) is 11.1 Å². The maximum Gasteiger partial charge on any atom is 0.129 e. The van der Waals surface area contributed by atoms with Gasteiger partial charge in [0, 0.05) is 12.1 Å². The summed E-state index contributed by atoms with van der Waals surface area (Å²) < 4.78 is 12.9. The second-order valence-corrected chi connectivity index (χ2v) is 2.65. The molecule has 0 aromatic heterocycles. The van der Waals surface area contributed by atoms with E-state index in [1.165, 1.54) is 6.07 Å². The van der Waals surface area contributed by atoms with Crippen LogP contribution in [0.3, 0.4) is 0 Å². The molecule has 0 fully saturated rings. The minimum atomic E-state index is -0.488. The number of hydrogen-bond acceptors (Lipinski definition) is 2. The van der Waals surface area contributed by atoms with Crippen LogP contribution >= 0.6 is 11.6 Å². The number of benzene rings is 1. The van der Waals surface area contributed by atoms with Crippen molar-refractivity contribution in [1.82, 2.24) is 0 Å². The molecule has 2 nitrogen and oxygen atoms in total. The Kier molecular flexibility index (Phi) is 2.64. The van der Waals surface area contributed by atoms with Gasteiger partial charge in [-0.25, -0.2) is 4.39 Å². The number of rotatable bonds is 1. The molecule has 0 amide bonds. The number of halogens is 2. The molecule has 0 aliphatic heterocycles. The van der Waals surface area contributed by atoms with Crippen molar-refractivity contribution in [3.8, 4) is 6.07 Å². The lowest BCUT2D eigenvalue weighted by atomic mass is 10.1. The van der Waals surface area contributed by atoms with Gasteiger partial charge in [0.05, 0.1) is 10.6 Å². The smallest absolute Gasteiger partial charge is 0.129 e. The highest BCUT2D eigenvalue weighted by Crippen LogP contribution is 2.19. The van der Waals surface area contributed by atoms with Gasteiger partial charge in [-0.2, -0.15) is 5.26 Å². The molecule has 0 radical (unpaired) electrons. The average molecular weight is 185 g/mol. The monoisotopic (exact) mass is 184 g/mol.